The molecule has 1 heterocycles. The minimum Gasteiger partial charge on any atom is -0.494 e. The van der Waals surface area contributed by atoms with Crippen LogP contribution < -0.4 is 10.5 Å². The Labute approximate surface area is 131 Å². The number of amides is 2. The Kier molecular flexibility index (Phi) is 5.81. The molecule has 1 aliphatic heterocycles. The van der Waals surface area contributed by atoms with Crippen LogP contribution in [0, 0.1) is 5.92 Å². The predicted octanol–water partition coefficient (Wildman–Crippen LogP) is 2.20. The molecule has 2 N–H and O–H groups in total. The van der Waals surface area contributed by atoms with Crippen molar-refractivity contribution in [3.63, 3.8) is 0 Å². The van der Waals surface area contributed by atoms with Crippen molar-refractivity contribution < 1.29 is 14.3 Å². The molecule has 1 saturated heterocycles. The maximum atomic E-state index is 12.5. The molecule has 1 fully saturated rings. The Morgan fingerprint density at radius 2 is 2.05 bits per heavy atom. The monoisotopic (exact) mass is 304 g/mol. The fourth-order valence-corrected chi connectivity index (χ4v) is 2.60. The molecule has 0 aliphatic carbocycles. The number of hydrogen-bond acceptors (Lipinski definition) is 3. The van der Waals surface area contributed by atoms with Crippen LogP contribution in [0.1, 0.15) is 43.0 Å². The van der Waals surface area contributed by atoms with Crippen LogP contribution in [0.4, 0.5) is 0 Å². The smallest absolute Gasteiger partial charge is 0.253 e. The summed E-state index contributed by atoms with van der Waals surface area (Å²) in [5.41, 5.74) is 5.97. The van der Waals surface area contributed by atoms with Crippen molar-refractivity contribution in [1.82, 2.24) is 4.90 Å². The lowest BCUT2D eigenvalue weighted by molar-refractivity contribution is -0.123. The van der Waals surface area contributed by atoms with Gasteiger partial charge in [0.05, 0.1) is 12.5 Å². The lowest BCUT2D eigenvalue weighted by Gasteiger charge is -2.31. The average molecular weight is 304 g/mol. The molecular weight excluding hydrogens is 280 g/mol. The second kappa shape index (κ2) is 7.82. The summed E-state index contributed by atoms with van der Waals surface area (Å²) >= 11 is 0. The van der Waals surface area contributed by atoms with E-state index in [0.29, 0.717) is 25.3 Å². The number of benzene rings is 1. The van der Waals surface area contributed by atoms with Gasteiger partial charge in [-0.1, -0.05) is 13.3 Å². The summed E-state index contributed by atoms with van der Waals surface area (Å²) in [6, 6.07) is 7.19. The summed E-state index contributed by atoms with van der Waals surface area (Å²) in [7, 11) is 0. The van der Waals surface area contributed by atoms with Gasteiger partial charge in [0.2, 0.25) is 5.91 Å². The quantitative estimate of drug-likeness (QED) is 0.819. The molecule has 5 heteroatoms. The maximum Gasteiger partial charge on any atom is 0.253 e. The third kappa shape index (κ3) is 4.23. The zero-order chi connectivity index (χ0) is 15.9. The lowest BCUT2D eigenvalue weighted by atomic mass is 9.97. The summed E-state index contributed by atoms with van der Waals surface area (Å²) in [6.07, 6.45) is 3.69. The molecule has 2 rings (SSSR count). The van der Waals surface area contributed by atoms with Gasteiger partial charge in [0.25, 0.3) is 5.91 Å². The van der Waals surface area contributed by atoms with Gasteiger partial charge >= 0.3 is 0 Å². The van der Waals surface area contributed by atoms with Crippen molar-refractivity contribution >= 4 is 11.8 Å². The summed E-state index contributed by atoms with van der Waals surface area (Å²) in [4.78, 5) is 25.5. The lowest BCUT2D eigenvalue weighted by Crippen LogP contribution is -2.44. The van der Waals surface area contributed by atoms with E-state index in [0.717, 1.165) is 31.4 Å². The zero-order valence-electron chi connectivity index (χ0n) is 13.1. The van der Waals surface area contributed by atoms with E-state index >= 15 is 0 Å². The van der Waals surface area contributed by atoms with Crippen molar-refractivity contribution in [1.29, 1.82) is 0 Å². The maximum absolute atomic E-state index is 12.5. The average Bonchev–Trinajstić information content (AvgIpc) is 2.55. The van der Waals surface area contributed by atoms with Gasteiger partial charge in [0.1, 0.15) is 5.75 Å². The van der Waals surface area contributed by atoms with Gasteiger partial charge in [-0.15, -0.1) is 0 Å². The molecule has 0 spiro atoms. The van der Waals surface area contributed by atoms with Crippen LogP contribution >= 0.6 is 0 Å². The number of unbranched alkanes of at least 4 members (excludes halogenated alkanes) is 1. The number of carbonyl (C=O) groups is 2. The number of likely N-dealkylation sites (tertiary alicyclic amines) is 1. The van der Waals surface area contributed by atoms with Crippen LogP contribution in [-0.2, 0) is 4.79 Å². The van der Waals surface area contributed by atoms with Crippen molar-refractivity contribution in [2.24, 2.45) is 11.7 Å². The number of primary amides is 1. The third-order valence-electron chi connectivity index (χ3n) is 3.98. The number of nitrogens with two attached hydrogens (primary N) is 1. The number of carbonyl (C=O) groups excluding carboxylic acids is 2. The van der Waals surface area contributed by atoms with Crippen molar-refractivity contribution in [3.05, 3.63) is 29.8 Å². The first-order valence-electron chi connectivity index (χ1n) is 7.93. The molecule has 2 amide bonds. The van der Waals surface area contributed by atoms with Gasteiger partial charge in [-0.3, -0.25) is 9.59 Å². The Morgan fingerprint density at radius 3 is 2.68 bits per heavy atom. The van der Waals surface area contributed by atoms with Crippen molar-refractivity contribution in [2.75, 3.05) is 19.7 Å². The number of ether oxygens (including phenoxy) is 1. The molecule has 1 aliphatic rings. The molecule has 5 nitrogen and oxygen atoms in total. The number of hydrogen-bond donors (Lipinski definition) is 1. The van der Waals surface area contributed by atoms with E-state index in [1.54, 1.807) is 17.0 Å². The second-order valence-corrected chi connectivity index (χ2v) is 5.72. The molecule has 120 valence electrons. The number of rotatable bonds is 6. The Morgan fingerprint density at radius 1 is 1.32 bits per heavy atom. The standard InChI is InChI=1S/C17H24N2O3/c1-2-3-11-22-15-8-6-13(7-9-15)17(21)19-10-4-5-14(12-19)16(18)20/h6-9,14H,2-5,10-12H2,1H3,(H2,18,20)/t14-/m0/s1. The Hall–Kier alpha value is -2.04. The van der Waals surface area contributed by atoms with E-state index in [9.17, 15) is 9.59 Å². The molecule has 0 bridgehead atoms. The van der Waals surface area contributed by atoms with Gasteiger partial charge in [0.15, 0.2) is 0 Å². The summed E-state index contributed by atoms with van der Waals surface area (Å²) < 4.78 is 5.59. The molecule has 1 aromatic rings. The van der Waals surface area contributed by atoms with Crippen LogP contribution in [0.15, 0.2) is 24.3 Å². The minimum absolute atomic E-state index is 0.0499. The fraction of sp³-hybridized carbons (Fsp3) is 0.529. The van der Waals surface area contributed by atoms with Crippen molar-refractivity contribution in [3.8, 4) is 5.75 Å². The molecule has 22 heavy (non-hydrogen) atoms. The number of nitrogens with zero attached hydrogens (tertiary/aromatic N) is 1. The SMILES string of the molecule is CCCCOc1ccc(C(=O)N2CCC[C@H](C(N)=O)C2)cc1. The first-order valence-corrected chi connectivity index (χ1v) is 7.93. The zero-order valence-corrected chi connectivity index (χ0v) is 13.1. The highest BCUT2D eigenvalue weighted by Crippen LogP contribution is 2.20. The van der Waals surface area contributed by atoms with E-state index in [4.69, 9.17) is 10.5 Å². The molecule has 0 aromatic heterocycles. The highest BCUT2D eigenvalue weighted by molar-refractivity contribution is 5.94. The van der Waals surface area contributed by atoms with Crippen LogP contribution in [0.3, 0.4) is 0 Å². The van der Waals surface area contributed by atoms with E-state index in [2.05, 4.69) is 6.92 Å². The van der Waals surface area contributed by atoms with Crippen LogP contribution in [-0.4, -0.2) is 36.4 Å². The van der Waals surface area contributed by atoms with Gasteiger partial charge in [-0.25, -0.2) is 0 Å². The highest BCUT2D eigenvalue weighted by atomic mass is 16.5. The first kappa shape index (κ1) is 16.3. The first-order chi connectivity index (χ1) is 10.6. The fourth-order valence-electron chi connectivity index (χ4n) is 2.60. The minimum atomic E-state index is -0.322. The highest BCUT2D eigenvalue weighted by Gasteiger charge is 2.27. The Bertz CT molecular complexity index is 513. The van der Waals surface area contributed by atoms with Crippen LogP contribution in [0.25, 0.3) is 0 Å². The van der Waals surface area contributed by atoms with Gasteiger partial charge < -0.3 is 15.4 Å². The van der Waals surface area contributed by atoms with E-state index in [1.165, 1.54) is 0 Å². The summed E-state index contributed by atoms with van der Waals surface area (Å²) in [5, 5.41) is 0. The number of piperidine rings is 1. The molecule has 1 aromatic carbocycles. The van der Waals surface area contributed by atoms with E-state index < -0.39 is 0 Å². The summed E-state index contributed by atoms with van der Waals surface area (Å²) in [5.74, 6) is 0.177. The molecule has 0 radical (unpaired) electrons. The topological polar surface area (TPSA) is 72.6 Å². The predicted molar refractivity (Wildman–Crippen MR) is 84.7 cm³/mol. The molecule has 1 atom stereocenters. The Balaban J connectivity index is 1.95. The van der Waals surface area contributed by atoms with E-state index in [-0.39, 0.29) is 17.7 Å². The van der Waals surface area contributed by atoms with Gasteiger partial charge in [-0.2, -0.15) is 0 Å². The largest absolute Gasteiger partial charge is 0.494 e. The van der Waals surface area contributed by atoms with Crippen LogP contribution in [0.2, 0.25) is 0 Å². The molecule has 0 unspecified atom stereocenters. The van der Waals surface area contributed by atoms with Crippen LogP contribution in [0.5, 0.6) is 5.75 Å². The van der Waals surface area contributed by atoms with Gasteiger partial charge in [0, 0.05) is 18.7 Å². The third-order valence-corrected chi connectivity index (χ3v) is 3.98. The normalized spacial score (nSPS) is 18.0. The van der Waals surface area contributed by atoms with Crippen molar-refractivity contribution in [2.45, 2.75) is 32.6 Å². The molecular formula is C17H24N2O3. The van der Waals surface area contributed by atoms with E-state index in [1.807, 2.05) is 12.1 Å². The second-order valence-electron chi connectivity index (χ2n) is 5.72. The summed E-state index contributed by atoms with van der Waals surface area (Å²) in [6.45, 7) is 3.90. The van der Waals surface area contributed by atoms with Gasteiger partial charge in [-0.05, 0) is 43.5 Å². The molecule has 0 saturated carbocycles.